The minimum absolute atomic E-state index is 0.0282. The Labute approximate surface area is 79.6 Å². The molecule has 5 N–H and O–H groups in total. The first-order valence-electron chi connectivity index (χ1n) is 3.89. The zero-order valence-corrected chi connectivity index (χ0v) is 7.77. The van der Waals surface area contributed by atoms with E-state index in [0.29, 0.717) is 5.69 Å². The Morgan fingerprint density at radius 3 is 2.77 bits per heavy atom. The zero-order chi connectivity index (χ0) is 9.42. The lowest BCUT2D eigenvalue weighted by atomic mass is 10.1. The molecule has 0 saturated heterocycles. The van der Waals surface area contributed by atoms with Crippen LogP contribution in [0.2, 0.25) is 0 Å². The highest BCUT2D eigenvalue weighted by atomic mass is 32.1. The van der Waals surface area contributed by atoms with Crippen LogP contribution in [0.25, 0.3) is 10.1 Å². The molecule has 0 fully saturated rings. The van der Waals surface area contributed by atoms with Crippen molar-refractivity contribution in [2.45, 2.75) is 6.61 Å². The van der Waals surface area contributed by atoms with Gasteiger partial charge in [0.15, 0.2) is 0 Å². The van der Waals surface area contributed by atoms with E-state index in [2.05, 4.69) is 0 Å². The molecule has 0 saturated carbocycles. The van der Waals surface area contributed by atoms with Gasteiger partial charge in [-0.15, -0.1) is 11.3 Å². The number of aliphatic hydroxyl groups excluding tert-OH is 1. The maximum absolute atomic E-state index is 8.98. The van der Waals surface area contributed by atoms with E-state index in [1.165, 1.54) is 11.3 Å². The Bertz CT molecular complexity index is 450. The van der Waals surface area contributed by atoms with E-state index in [1.54, 1.807) is 6.07 Å². The lowest BCUT2D eigenvalue weighted by Crippen LogP contribution is -1.94. The fourth-order valence-corrected chi connectivity index (χ4v) is 2.26. The summed E-state index contributed by atoms with van der Waals surface area (Å²) in [5.74, 6) is 0. The van der Waals surface area contributed by atoms with Crippen LogP contribution in [0.15, 0.2) is 17.5 Å². The number of rotatable bonds is 1. The maximum Gasteiger partial charge on any atom is 0.0702 e. The second-order valence-corrected chi connectivity index (χ2v) is 3.74. The average Bonchev–Trinajstić information content (AvgIpc) is 2.50. The Kier molecular flexibility index (Phi) is 1.86. The monoisotopic (exact) mass is 194 g/mol. The number of anilines is 2. The topological polar surface area (TPSA) is 72.3 Å². The second kappa shape index (κ2) is 2.90. The molecule has 0 radical (unpaired) electrons. The molecule has 0 bridgehead atoms. The first kappa shape index (κ1) is 8.34. The van der Waals surface area contributed by atoms with Crippen LogP contribution in [0.1, 0.15) is 5.56 Å². The number of fused-ring (bicyclic) bond motifs is 1. The average molecular weight is 194 g/mol. The summed E-state index contributed by atoms with van der Waals surface area (Å²) in [5.41, 5.74) is 13.7. The van der Waals surface area contributed by atoms with E-state index in [0.717, 1.165) is 21.3 Å². The number of hydrogen-bond acceptors (Lipinski definition) is 4. The van der Waals surface area contributed by atoms with Crippen molar-refractivity contribution in [3.8, 4) is 0 Å². The third-order valence-electron chi connectivity index (χ3n) is 2.07. The van der Waals surface area contributed by atoms with Crippen molar-refractivity contribution in [3.63, 3.8) is 0 Å². The van der Waals surface area contributed by atoms with Gasteiger partial charge < -0.3 is 16.6 Å². The minimum Gasteiger partial charge on any atom is -0.398 e. The van der Waals surface area contributed by atoms with Gasteiger partial charge in [0.25, 0.3) is 0 Å². The van der Waals surface area contributed by atoms with E-state index in [-0.39, 0.29) is 6.61 Å². The van der Waals surface area contributed by atoms with Gasteiger partial charge >= 0.3 is 0 Å². The number of nitrogens with two attached hydrogens (primary N) is 2. The smallest absolute Gasteiger partial charge is 0.0702 e. The quantitative estimate of drug-likeness (QED) is 0.603. The summed E-state index contributed by atoms with van der Waals surface area (Å²) in [6.45, 7) is -0.0282. The maximum atomic E-state index is 8.98. The Balaban J connectivity index is 2.80. The number of hydrogen-bond donors (Lipinski definition) is 3. The molecule has 0 amide bonds. The van der Waals surface area contributed by atoms with Crippen LogP contribution in [-0.4, -0.2) is 5.11 Å². The third kappa shape index (κ3) is 1.15. The number of thiophene rings is 1. The highest BCUT2D eigenvalue weighted by molar-refractivity contribution is 7.18. The van der Waals surface area contributed by atoms with Crippen LogP contribution in [0, 0.1) is 0 Å². The van der Waals surface area contributed by atoms with E-state index >= 15 is 0 Å². The van der Waals surface area contributed by atoms with Crippen LogP contribution >= 0.6 is 11.3 Å². The predicted molar refractivity (Wildman–Crippen MR) is 56.6 cm³/mol. The molecular formula is C9H10N2OS. The molecule has 1 aromatic heterocycles. The van der Waals surface area contributed by atoms with E-state index in [1.807, 2.05) is 11.4 Å². The second-order valence-electron chi connectivity index (χ2n) is 2.86. The van der Waals surface area contributed by atoms with Crippen LogP contribution < -0.4 is 11.5 Å². The van der Waals surface area contributed by atoms with Gasteiger partial charge in [0.05, 0.1) is 22.7 Å². The van der Waals surface area contributed by atoms with Gasteiger partial charge in [-0.25, -0.2) is 0 Å². The van der Waals surface area contributed by atoms with Crippen LogP contribution in [0.5, 0.6) is 0 Å². The molecule has 0 unspecified atom stereocenters. The van der Waals surface area contributed by atoms with Crippen LogP contribution in [-0.2, 0) is 6.61 Å². The molecule has 4 heteroatoms. The first-order valence-corrected chi connectivity index (χ1v) is 4.77. The van der Waals surface area contributed by atoms with Crippen molar-refractivity contribution in [1.82, 2.24) is 0 Å². The van der Waals surface area contributed by atoms with Crippen molar-refractivity contribution >= 4 is 32.8 Å². The predicted octanol–water partition coefficient (Wildman–Crippen LogP) is 1.56. The SMILES string of the molecule is Nc1csc2c(N)c(CO)ccc12. The minimum atomic E-state index is -0.0282. The standard InChI is InChI=1S/C9H10N2OS/c10-7-4-13-9-6(7)2-1-5(3-12)8(9)11/h1-2,4,12H,3,10-11H2. The molecule has 0 spiro atoms. The van der Waals surface area contributed by atoms with Crippen molar-refractivity contribution in [2.24, 2.45) is 0 Å². The summed E-state index contributed by atoms with van der Waals surface area (Å²) in [7, 11) is 0. The normalized spacial score (nSPS) is 10.8. The van der Waals surface area contributed by atoms with Gasteiger partial charge in [-0.1, -0.05) is 12.1 Å². The van der Waals surface area contributed by atoms with Gasteiger partial charge in [-0.2, -0.15) is 0 Å². The highest BCUT2D eigenvalue weighted by Gasteiger charge is 2.07. The number of nitrogen functional groups attached to an aromatic ring is 2. The van der Waals surface area contributed by atoms with Crippen molar-refractivity contribution in [1.29, 1.82) is 0 Å². The molecule has 0 atom stereocenters. The molecular weight excluding hydrogens is 184 g/mol. The largest absolute Gasteiger partial charge is 0.398 e. The lowest BCUT2D eigenvalue weighted by molar-refractivity contribution is 0.282. The first-order chi connectivity index (χ1) is 6.24. The molecule has 1 aromatic carbocycles. The van der Waals surface area contributed by atoms with Gasteiger partial charge in [0.1, 0.15) is 0 Å². The molecule has 0 aliphatic carbocycles. The van der Waals surface area contributed by atoms with Crippen molar-refractivity contribution in [3.05, 3.63) is 23.1 Å². The summed E-state index contributed by atoms with van der Waals surface area (Å²) in [6, 6.07) is 3.70. The number of benzene rings is 1. The Morgan fingerprint density at radius 2 is 2.08 bits per heavy atom. The molecule has 3 nitrogen and oxygen atoms in total. The van der Waals surface area contributed by atoms with Crippen LogP contribution in [0.4, 0.5) is 11.4 Å². The van der Waals surface area contributed by atoms with E-state index in [4.69, 9.17) is 16.6 Å². The molecule has 2 rings (SSSR count). The number of aliphatic hydroxyl groups is 1. The highest BCUT2D eigenvalue weighted by Crippen LogP contribution is 2.34. The summed E-state index contributed by atoms with van der Waals surface area (Å²) in [4.78, 5) is 0. The zero-order valence-electron chi connectivity index (χ0n) is 6.95. The molecule has 13 heavy (non-hydrogen) atoms. The summed E-state index contributed by atoms with van der Waals surface area (Å²) in [5, 5.41) is 11.8. The molecule has 0 aliphatic rings. The van der Waals surface area contributed by atoms with Crippen LogP contribution in [0.3, 0.4) is 0 Å². The van der Waals surface area contributed by atoms with Gasteiger partial charge in [0, 0.05) is 16.3 Å². The van der Waals surface area contributed by atoms with Gasteiger partial charge in [0.2, 0.25) is 0 Å². The fraction of sp³-hybridized carbons (Fsp3) is 0.111. The Morgan fingerprint density at radius 1 is 1.31 bits per heavy atom. The molecule has 1 heterocycles. The van der Waals surface area contributed by atoms with Gasteiger partial charge in [-0.05, 0) is 0 Å². The van der Waals surface area contributed by atoms with Gasteiger partial charge in [-0.3, -0.25) is 0 Å². The van der Waals surface area contributed by atoms with E-state index < -0.39 is 0 Å². The Hall–Kier alpha value is -1.26. The molecule has 2 aromatic rings. The molecule has 0 aliphatic heterocycles. The molecule has 68 valence electrons. The fourth-order valence-electron chi connectivity index (χ4n) is 1.32. The summed E-state index contributed by atoms with van der Waals surface area (Å²) >= 11 is 1.51. The third-order valence-corrected chi connectivity index (χ3v) is 3.12. The van der Waals surface area contributed by atoms with Crippen molar-refractivity contribution in [2.75, 3.05) is 11.5 Å². The lowest BCUT2D eigenvalue weighted by Gasteiger charge is -2.02. The summed E-state index contributed by atoms with van der Waals surface area (Å²) in [6.07, 6.45) is 0. The summed E-state index contributed by atoms with van der Waals surface area (Å²) < 4.78 is 0.962. The van der Waals surface area contributed by atoms with E-state index in [9.17, 15) is 0 Å². The van der Waals surface area contributed by atoms with Crippen molar-refractivity contribution < 1.29 is 5.11 Å².